The van der Waals surface area contributed by atoms with Crippen molar-refractivity contribution in [2.45, 2.75) is 26.4 Å². The molecule has 3 aromatic rings. The molecule has 104 valence electrons. The molecule has 1 aromatic carbocycles. The second kappa shape index (κ2) is 4.81. The average Bonchev–Trinajstić information content (AvgIpc) is 2.97. The molecule has 0 atom stereocenters. The number of aromatic nitrogens is 3. The molecule has 0 fully saturated rings. The van der Waals surface area contributed by atoms with Crippen molar-refractivity contribution in [1.82, 2.24) is 15.0 Å². The summed E-state index contributed by atoms with van der Waals surface area (Å²) in [5.41, 5.74) is 3.38. The highest BCUT2D eigenvalue weighted by Crippen LogP contribution is 2.26. The number of nitrogens with zero attached hydrogens (tertiary/aromatic N) is 4. The number of rotatable bonds is 2. The lowest BCUT2D eigenvalue weighted by Crippen LogP contribution is -2.16. The van der Waals surface area contributed by atoms with E-state index in [4.69, 9.17) is 4.98 Å². The number of aryl methyl sites for hydroxylation is 1. The van der Waals surface area contributed by atoms with E-state index in [1.165, 1.54) is 10.9 Å². The third-order valence-electron chi connectivity index (χ3n) is 3.93. The van der Waals surface area contributed by atoms with Gasteiger partial charge in [0.25, 0.3) is 0 Å². The van der Waals surface area contributed by atoms with Crippen LogP contribution in [0.5, 0.6) is 0 Å². The van der Waals surface area contributed by atoms with Crippen LogP contribution in [-0.2, 0) is 19.5 Å². The van der Waals surface area contributed by atoms with Crippen molar-refractivity contribution in [2.75, 3.05) is 4.90 Å². The predicted molar refractivity (Wildman–Crippen MR) is 83.0 cm³/mol. The molecule has 3 heterocycles. The number of benzene rings is 1. The number of pyridine rings is 1. The Kier molecular flexibility index (Phi) is 2.81. The Balaban J connectivity index is 1.68. The highest BCUT2D eigenvalue weighted by Gasteiger charge is 2.22. The minimum absolute atomic E-state index is 0.816. The number of hydrogen-bond acceptors (Lipinski definition) is 4. The number of hydrogen-bond donors (Lipinski definition) is 0. The summed E-state index contributed by atoms with van der Waals surface area (Å²) in [6, 6.07) is 12.4. The SMILES string of the molecule is CCc1ncc2c(n1)CN(c1ccc3ccccc3n1)C2. The molecule has 0 unspecified atom stereocenters. The molecule has 0 aliphatic carbocycles. The van der Waals surface area contributed by atoms with Gasteiger partial charge in [-0.2, -0.15) is 0 Å². The molecule has 1 aliphatic rings. The first kappa shape index (κ1) is 12.3. The zero-order valence-electron chi connectivity index (χ0n) is 12.0. The maximum Gasteiger partial charge on any atom is 0.129 e. The van der Waals surface area contributed by atoms with Gasteiger partial charge in [0.05, 0.1) is 17.8 Å². The van der Waals surface area contributed by atoms with Crippen LogP contribution < -0.4 is 4.90 Å². The molecule has 0 saturated carbocycles. The van der Waals surface area contributed by atoms with Gasteiger partial charge in [0.2, 0.25) is 0 Å². The quantitative estimate of drug-likeness (QED) is 0.721. The van der Waals surface area contributed by atoms with Gasteiger partial charge in [-0.3, -0.25) is 0 Å². The van der Waals surface area contributed by atoms with Crippen molar-refractivity contribution in [2.24, 2.45) is 0 Å². The van der Waals surface area contributed by atoms with Crippen molar-refractivity contribution < 1.29 is 0 Å². The zero-order valence-corrected chi connectivity index (χ0v) is 12.0. The van der Waals surface area contributed by atoms with E-state index in [9.17, 15) is 0 Å². The molecular formula is C17H16N4. The molecule has 0 N–H and O–H groups in total. The fraction of sp³-hybridized carbons (Fsp3) is 0.235. The maximum atomic E-state index is 4.76. The summed E-state index contributed by atoms with van der Waals surface area (Å²) in [6.07, 6.45) is 2.84. The lowest BCUT2D eigenvalue weighted by molar-refractivity contribution is 0.845. The fourth-order valence-corrected chi connectivity index (χ4v) is 2.76. The van der Waals surface area contributed by atoms with E-state index in [1.54, 1.807) is 0 Å². The molecular weight excluding hydrogens is 260 g/mol. The van der Waals surface area contributed by atoms with Crippen molar-refractivity contribution in [3.05, 3.63) is 59.7 Å². The fourth-order valence-electron chi connectivity index (χ4n) is 2.76. The Morgan fingerprint density at radius 2 is 1.95 bits per heavy atom. The molecule has 0 amide bonds. The summed E-state index contributed by atoms with van der Waals surface area (Å²) in [5.74, 6) is 1.92. The molecule has 4 nitrogen and oxygen atoms in total. The third kappa shape index (κ3) is 2.13. The van der Waals surface area contributed by atoms with Gasteiger partial charge in [-0.05, 0) is 18.2 Å². The van der Waals surface area contributed by atoms with Gasteiger partial charge in [0.15, 0.2) is 0 Å². The number of anilines is 1. The monoisotopic (exact) mass is 276 g/mol. The first-order valence-corrected chi connectivity index (χ1v) is 7.28. The van der Waals surface area contributed by atoms with Crippen LogP contribution in [0.4, 0.5) is 5.82 Å². The summed E-state index contributed by atoms with van der Waals surface area (Å²) in [5, 5.41) is 1.17. The highest BCUT2D eigenvalue weighted by atomic mass is 15.2. The van der Waals surface area contributed by atoms with E-state index in [1.807, 2.05) is 18.3 Å². The highest BCUT2D eigenvalue weighted by molar-refractivity contribution is 5.80. The summed E-state index contributed by atoms with van der Waals surface area (Å²) in [6.45, 7) is 3.74. The van der Waals surface area contributed by atoms with Crippen molar-refractivity contribution >= 4 is 16.7 Å². The second-order valence-corrected chi connectivity index (χ2v) is 5.33. The van der Waals surface area contributed by atoms with Crippen LogP contribution in [0.1, 0.15) is 24.0 Å². The normalized spacial score (nSPS) is 13.7. The standard InChI is InChI=1S/C17H16N4/c1-2-16-18-9-13-10-21(11-15(13)19-16)17-8-7-12-5-3-4-6-14(12)20-17/h3-9H,2,10-11H2,1H3. The molecule has 0 saturated heterocycles. The van der Waals surface area contributed by atoms with Crippen LogP contribution in [0.15, 0.2) is 42.6 Å². The summed E-state index contributed by atoms with van der Waals surface area (Å²) >= 11 is 0. The van der Waals surface area contributed by atoms with E-state index >= 15 is 0 Å². The van der Waals surface area contributed by atoms with Crippen LogP contribution in [0, 0.1) is 0 Å². The molecule has 0 spiro atoms. The Bertz CT molecular complexity index is 813. The van der Waals surface area contributed by atoms with Crippen LogP contribution in [0.2, 0.25) is 0 Å². The van der Waals surface area contributed by atoms with E-state index in [2.05, 4.69) is 46.1 Å². The van der Waals surface area contributed by atoms with Crippen molar-refractivity contribution in [3.8, 4) is 0 Å². The molecule has 21 heavy (non-hydrogen) atoms. The van der Waals surface area contributed by atoms with Crippen molar-refractivity contribution in [3.63, 3.8) is 0 Å². The van der Waals surface area contributed by atoms with Crippen molar-refractivity contribution in [1.29, 1.82) is 0 Å². The van der Waals surface area contributed by atoms with Crippen LogP contribution in [-0.4, -0.2) is 15.0 Å². The maximum absolute atomic E-state index is 4.76. The van der Waals surface area contributed by atoms with Crippen LogP contribution in [0.3, 0.4) is 0 Å². The van der Waals surface area contributed by atoms with Gasteiger partial charge in [0, 0.05) is 30.1 Å². The summed E-state index contributed by atoms with van der Waals surface area (Å²) < 4.78 is 0. The Hall–Kier alpha value is -2.49. The Morgan fingerprint density at radius 1 is 1.05 bits per heavy atom. The first-order valence-electron chi connectivity index (χ1n) is 7.28. The number of para-hydroxylation sites is 1. The Labute approximate surface area is 123 Å². The number of fused-ring (bicyclic) bond motifs is 2. The lowest BCUT2D eigenvalue weighted by Gasteiger charge is -2.16. The van der Waals surface area contributed by atoms with E-state index in [0.29, 0.717) is 0 Å². The van der Waals surface area contributed by atoms with Gasteiger partial charge in [0.1, 0.15) is 11.6 Å². The predicted octanol–water partition coefficient (Wildman–Crippen LogP) is 3.11. The van der Waals surface area contributed by atoms with E-state index < -0.39 is 0 Å². The van der Waals surface area contributed by atoms with E-state index in [-0.39, 0.29) is 0 Å². The molecule has 2 aromatic heterocycles. The van der Waals surface area contributed by atoms with Gasteiger partial charge >= 0.3 is 0 Å². The molecule has 4 rings (SSSR count). The summed E-state index contributed by atoms with van der Waals surface area (Å²) in [4.78, 5) is 16.0. The molecule has 0 bridgehead atoms. The minimum Gasteiger partial charge on any atom is -0.346 e. The average molecular weight is 276 g/mol. The molecule has 1 aliphatic heterocycles. The zero-order chi connectivity index (χ0) is 14.2. The smallest absolute Gasteiger partial charge is 0.129 e. The van der Waals surface area contributed by atoms with Crippen LogP contribution in [0.25, 0.3) is 10.9 Å². The van der Waals surface area contributed by atoms with Gasteiger partial charge in [-0.15, -0.1) is 0 Å². The minimum atomic E-state index is 0.816. The molecule has 0 radical (unpaired) electrons. The first-order chi connectivity index (χ1) is 10.3. The van der Waals surface area contributed by atoms with E-state index in [0.717, 1.165) is 42.4 Å². The van der Waals surface area contributed by atoms with Gasteiger partial charge in [-0.1, -0.05) is 25.1 Å². The lowest BCUT2D eigenvalue weighted by atomic mass is 10.2. The van der Waals surface area contributed by atoms with Crippen LogP contribution >= 0.6 is 0 Å². The van der Waals surface area contributed by atoms with Gasteiger partial charge < -0.3 is 4.90 Å². The largest absolute Gasteiger partial charge is 0.346 e. The van der Waals surface area contributed by atoms with Gasteiger partial charge in [-0.25, -0.2) is 15.0 Å². The topological polar surface area (TPSA) is 41.9 Å². The Morgan fingerprint density at radius 3 is 2.86 bits per heavy atom. The summed E-state index contributed by atoms with van der Waals surface area (Å²) in [7, 11) is 0. The second-order valence-electron chi connectivity index (χ2n) is 5.33. The third-order valence-corrected chi connectivity index (χ3v) is 3.93. The molecule has 4 heteroatoms.